The van der Waals surface area contributed by atoms with Crippen LogP contribution < -0.4 is 16.4 Å². The highest BCUT2D eigenvalue weighted by atomic mass is 16.2. The van der Waals surface area contributed by atoms with Gasteiger partial charge in [-0.25, -0.2) is 0 Å². The molecule has 0 radical (unpaired) electrons. The van der Waals surface area contributed by atoms with Crippen molar-refractivity contribution in [3.8, 4) is 0 Å². The third-order valence-electron chi connectivity index (χ3n) is 2.66. The molecule has 5 heteroatoms. The zero-order chi connectivity index (χ0) is 12.0. The molecule has 1 rings (SSSR count). The van der Waals surface area contributed by atoms with Gasteiger partial charge in [0.2, 0.25) is 11.8 Å². The van der Waals surface area contributed by atoms with Gasteiger partial charge in [-0.1, -0.05) is 13.3 Å². The van der Waals surface area contributed by atoms with Crippen LogP contribution in [0.5, 0.6) is 0 Å². The fourth-order valence-corrected chi connectivity index (χ4v) is 1.52. The normalized spacial score (nSPS) is 16.6. The van der Waals surface area contributed by atoms with Crippen LogP contribution >= 0.6 is 0 Å². The molecule has 0 aromatic heterocycles. The second kappa shape index (κ2) is 6.48. The van der Waals surface area contributed by atoms with E-state index in [1.165, 1.54) is 0 Å². The average molecular weight is 227 g/mol. The van der Waals surface area contributed by atoms with Gasteiger partial charge in [0.1, 0.15) is 0 Å². The van der Waals surface area contributed by atoms with Crippen LogP contribution in [0.15, 0.2) is 0 Å². The lowest BCUT2D eigenvalue weighted by Crippen LogP contribution is -2.41. The molecule has 1 fully saturated rings. The third kappa shape index (κ3) is 4.61. The van der Waals surface area contributed by atoms with Crippen molar-refractivity contribution in [1.82, 2.24) is 10.6 Å². The van der Waals surface area contributed by atoms with Crippen molar-refractivity contribution in [1.29, 1.82) is 0 Å². The van der Waals surface area contributed by atoms with E-state index in [9.17, 15) is 9.59 Å². The summed E-state index contributed by atoms with van der Waals surface area (Å²) in [6.07, 6.45) is 3.80. The van der Waals surface area contributed by atoms with Gasteiger partial charge in [-0.15, -0.1) is 0 Å². The van der Waals surface area contributed by atoms with Crippen molar-refractivity contribution < 1.29 is 9.59 Å². The van der Waals surface area contributed by atoms with Crippen molar-refractivity contribution >= 4 is 11.8 Å². The average Bonchev–Trinajstić information content (AvgIpc) is 3.06. The summed E-state index contributed by atoms with van der Waals surface area (Å²) in [5, 5.41) is 5.43. The topological polar surface area (TPSA) is 84.2 Å². The predicted octanol–water partition coefficient (Wildman–Crippen LogP) is -0.244. The molecule has 1 saturated carbocycles. The molecule has 2 amide bonds. The summed E-state index contributed by atoms with van der Waals surface area (Å²) in [5.74, 6) is -0.392. The lowest BCUT2D eigenvalue weighted by atomic mass is 10.0. The van der Waals surface area contributed by atoms with Gasteiger partial charge in [-0.2, -0.15) is 0 Å². The first kappa shape index (κ1) is 13.0. The monoisotopic (exact) mass is 227 g/mol. The minimum atomic E-state index is -0.168. The van der Waals surface area contributed by atoms with Crippen LogP contribution in [0.2, 0.25) is 0 Å². The van der Waals surface area contributed by atoms with E-state index in [0.717, 1.165) is 25.7 Å². The van der Waals surface area contributed by atoms with Gasteiger partial charge in [-0.05, 0) is 19.3 Å². The molecule has 0 aromatic rings. The minimum absolute atomic E-state index is 0.0650. The van der Waals surface area contributed by atoms with E-state index in [1.54, 1.807) is 0 Å². The summed E-state index contributed by atoms with van der Waals surface area (Å²) >= 11 is 0. The molecule has 1 atom stereocenters. The van der Waals surface area contributed by atoms with E-state index in [4.69, 9.17) is 5.73 Å². The molecule has 1 unspecified atom stereocenters. The van der Waals surface area contributed by atoms with Crippen LogP contribution in [0.1, 0.15) is 32.6 Å². The van der Waals surface area contributed by atoms with Crippen LogP contribution in [0.25, 0.3) is 0 Å². The number of carbonyl (C=O) groups is 2. The Kier molecular flexibility index (Phi) is 5.25. The fraction of sp³-hybridized carbons (Fsp3) is 0.818. The SMILES string of the molecule is CCCC(CN)C(=O)NCC(=O)NC1CC1. The molecule has 0 saturated heterocycles. The predicted molar refractivity (Wildman–Crippen MR) is 61.6 cm³/mol. The van der Waals surface area contributed by atoms with Gasteiger partial charge < -0.3 is 16.4 Å². The number of amides is 2. The molecular weight excluding hydrogens is 206 g/mol. The molecule has 5 nitrogen and oxygen atoms in total. The summed E-state index contributed by atoms with van der Waals surface area (Å²) in [6.45, 7) is 2.41. The quantitative estimate of drug-likeness (QED) is 0.561. The number of nitrogens with one attached hydrogen (secondary N) is 2. The van der Waals surface area contributed by atoms with Gasteiger partial charge in [-0.3, -0.25) is 9.59 Å². The largest absolute Gasteiger partial charge is 0.352 e. The smallest absolute Gasteiger partial charge is 0.239 e. The van der Waals surface area contributed by atoms with Gasteiger partial charge in [0.25, 0.3) is 0 Å². The first-order valence-corrected chi connectivity index (χ1v) is 5.94. The van der Waals surface area contributed by atoms with Crippen LogP contribution in [-0.4, -0.2) is 30.9 Å². The zero-order valence-electron chi connectivity index (χ0n) is 9.79. The highest BCUT2D eigenvalue weighted by molar-refractivity contribution is 5.86. The molecule has 16 heavy (non-hydrogen) atoms. The van der Waals surface area contributed by atoms with Crippen molar-refractivity contribution in [2.75, 3.05) is 13.1 Å². The second-order valence-electron chi connectivity index (χ2n) is 4.28. The molecular formula is C11H21N3O2. The Hall–Kier alpha value is -1.10. The summed E-state index contributed by atoms with van der Waals surface area (Å²) < 4.78 is 0. The molecule has 92 valence electrons. The van der Waals surface area contributed by atoms with Crippen LogP contribution in [0.3, 0.4) is 0 Å². The number of hydrogen-bond acceptors (Lipinski definition) is 3. The summed E-state index contributed by atoms with van der Waals surface area (Å²) in [6, 6.07) is 0.338. The summed E-state index contributed by atoms with van der Waals surface area (Å²) in [7, 11) is 0. The molecule has 1 aliphatic rings. The van der Waals surface area contributed by atoms with Crippen LogP contribution in [-0.2, 0) is 9.59 Å². The maximum absolute atomic E-state index is 11.6. The maximum Gasteiger partial charge on any atom is 0.239 e. The van der Waals surface area contributed by atoms with Crippen molar-refractivity contribution in [3.05, 3.63) is 0 Å². The number of carbonyl (C=O) groups excluding carboxylic acids is 2. The molecule has 0 aromatic carbocycles. The molecule has 0 bridgehead atoms. The Balaban J connectivity index is 2.18. The molecule has 0 heterocycles. The lowest BCUT2D eigenvalue weighted by molar-refractivity contribution is -0.128. The van der Waals surface area contributed by atoms with E-state index in [1.807, 2.05) is 6.92 Å². The van der Waals surface area contributed by atoms with Gasteiger partial charge in [0, 0.05) is 12.6 Å². The van der Waals surface area contributed by atoms with E-state index >= 15 is 0 Å². The summed E-state index contributed by atoms with van der Waals surface area (Å²) in [5.41, 5.74) is 5.50. The van der Waals surface area contributed by atoms with E-state index in [-0.39, 0.29) is 24.3 Å². The third-order valence-corrected chi connectivity index (χ3v) is 2.66. The molecule has 0 aliphatic heterocycles. The van der Waals surface area contributed by atoms with Crippen molar-refractivity contribution in [2.24, 2.45) is 11.7 Å². The van der Waals surface area contributed by atoms with E-state index in [2.05, 4.69) is 10.6 Å². The summed E-state index contributed by atoms with van der Waals surface area (Å²) in [4.78, 5) is 22.9. The Labute approximate surface area is 96.1 Å². The number of rotatable bonds is 7. The fourth-order valence-electron chi connectivity index (χ4n) is 1.52. The second-order valence-corrected chi connectivity index (χ2v) is 4.28. The number of hydrogen-bond donors (Lipinski definition) is 3. The van der Waals surface area contributed by atoms with E-state index < -0.39 is 0 Å². The van der Waals surface area contributed by atoms with E-state index in [0.29, 0.717) is 12.6 Å². The standard InChI is InChI=1S/C11H21N3O2/c1-2-3-8(6-12)11(16)13-7-10(15)14-9-4-5-9/h8-9H,2-7,12H2,1H3,(H,13,16)(H,14,15). The van der Waals surface area contributed by atoms with Gasteiger partial charge in [0.15, 0.2) is 0 Å². The van der Waals surface area contributed by atoms with Crippen LogP contribution in [0, 0.1) is 5.92 Å². The Bertz CT molecular complexity index is 252. The highest BCUT2D eigenvalue weighted by Gasteiger charge is 2.23. The van der Waals surface area contributed by atoms with Crippen molar-refractivity contribution in [3.63, 3.8) is 0 Å². The Morgan fingerprint density at radius 3 is 2.62 bits per heavy atom. The van der Waals surface area contributed by atoms with Crippen LogP contribution in [0.4, 0.5) is 0 Å². The first-order valence-electron chi connectivity index (χ1n) is 5.94. The van der Waals surface area contributed by atoms with Gasteiger partial charge in [0.05, 0.1) is 12.5 Å². The lowest BCUT2D eigenvalue weighted by Gasteiger charge is -2.13. The Morgan fingerprint density at radius 1 is 1.44 bits per heavy atom. The van der Waals surface area contributed by atoms with Crippen molar-refractivity contribution in [2.45, 2.75) is 38.6 Å². The Morgan fingerprint density at radius 2 is 2.12 bits per heavy atom. The zero-order valence-corrected chi connectivity index (χ0v) is 9.79. The highest BCUT2D eigenvalue weighted by Crippen LogP contribution is 2.18. The molecule has 0 spiro atoms. The number of nitrogens with two attached hydrogens (primary N) is 1. The molecule has 1 aliphatic carbocycles. The van der Waals surface area contributed by atoms with Gasteiger partial charge >= 0.3 is 0 Å². The maximum atomic E-state index is 11.6. The molecule has 4 N–H and O–H groups in total. The minimum Gasteiger partial charge on any atom is -0.352 e. The first-order chi connectivity index (χ1) is 7.67.